The summed E-state index contributed by atoms with van der Waals surface area (Å²) in [7, 11) is 5.67. The van der Waals surface area contributed by atoms with Gasteiger partial charge in [0.1, 0.15) is 22.8 Å². The summed E-state index contributed by atoms with van der Waals surface area (Å²) in [6, 6.07) is 13.3. The van der Waals surface area contributed by atoms with Crippen LogP contribution in [0.2, 0.25) is 0 Å². The smallest absolute Gasteiger partial charge is 0.294 e. The molecule has 1 fully saturated rings. The molecule has 5 aromatic rings. The van der Waals surface area contributed by atoms with E-state index in [1.807, 2.05) is 24.3 Å². The molecule has 0 spiro atoms. The first-order valence-electron chi connectivity index (χ1n) is 15.4. The SMILES string of the molecule is COc1cc(N2CCC(N(C)C)CC2)c([N+](=O)[O-])cc1Nc1nccc(-c2[nH]c(CCCCO)nc2-c2ccc3ccoc3c2)n1. The van der Waals surface area contributed by atoms with Crippen molar-refractivity contribution in [2.75, 3.05) is 51.1 Å². The maximum absolute atomic E-state index is 12.3. The van der Waals surface area contributed by atoms with Gasteiger partial charge >= 0.3 is 0 Å². The number of aryl methyl sites for hydroxylation is 1. The monoisotopic (exact) mass is 626 g/mol. The van der Waals surface area contributed by atoms with Crippen LogP contribution in [0, 0.1) is 10.1 Å². The van der Waals surface area contributed by atoms with Crippen LogP contribution in [0.3, 0.4) is 0 Å². The van der Waals surface area contributed by atoms with Crippen molar-refractivity contribution in [1.82, 2.24) is 24.8 Å². The van der Waals surface area contributed by atoms with E-state index in [1.165, 1.54) is 13.2 Å². The number of nitro groups is 1. The van der Waals surface area contributed by atoms with Crippen LogP contribution in [0.4, 0.5) is 23.0 Å². The van der Waals surface area contributed by atoms with Gasteiger partial charge in [-0.1, -0.05) is 12.1 Å². The Hall–Kier alpha value is -5.01. The van der Waals surface area contributed by atoms with Gasteiger partial charge in [0.2, 0.25) is 5.95 Å². The van der Waals surface area contributed by atoms with Crippen molar-refractivity contribution >= 4 is 34.0 Å². The molecular weight excluding hydrogens is 588 g/mol. The predicted molar refractivity (Wildman–Crippen MR) is 177 cm³/mol. The number of methoxy groups -OCH3 is 1. The highest BCUT2D eigenvalue weighted by Gasteiger charge is 2.28. The number of H-pyrrole nitrogens is 1. The number of nitrogens with one attached hydrogen (secondary N) is 2. The molecule has 2 aromatic carbocycles. The Labute approximate surface area is 266 Å². The number of aromatic amines is 1. The highest BCUT2D eigenvalue weighted by Crippen LogP contribution is 2.40. The number of furan rings is 1. The second kappa shape index (κ2) is 13.5. The molecule has 1 saturated heterocycles. The van der Waals surface area contributed by atoms with Crippen molar-refractivity contribution in [2.45, 2.75) is 38.1 Å². The lowest BCUT2D eigenvalue weighted by Gasteiger charge is -2.36. The van der Waals surface area contributed by atoms with E-state index in [4.69, 9.17) is 19.1 Å². The molecule has 0 unspecified atom stereocenters. The number of fused-ring (bicyclic) bond motifs is 1. The number of benzene rings is 2. The number of aliphatic hydroxyl groups is 1. The molecule has 0 atom stereocenters. The van der Waals surface area contributed by atoms with E-state index >= 15 is 0 Å². The molecule has 240 valence electrons. The van der Waals surface area contributed by atoms with Gasteiger partial charge < -0.3 is 34.4 Å². The van der Waals surface area contributed by atoms with Crippen LogP contribution < -0.4 is 15.0 Å². The zero-order valence-electron chi connectivity index (χ0n) is 26.2. The Kier molecular flexibility index (Phi) is 9.13. The quantitative estimate of drug-likeness (QED) is 0.0875. The number of unbranched alkanes of at least 4 members (excludes halogenated alkanes) is 1. The summed E-state index contributed by atoms with van der Waals surface area (Å²) in [4.78, 5) is 33.7. The molecule has 1 aliphatic rings. The number of anilines is 3. The summed E-state index contributed by atoms with van der Waals surface area (Å²) in [5.41, 5.74) is 4.50. The van der Waals surface area contributed by atoms with E-state index in [2.05, 4.69) is 39.2 Å². The van der Waals surface area contributed by atoms with Gasteiger partial charge in [0, 0.05) is 61.4 Å². The van der Waals surface area contributed by atoms with Crippen LogP contribution in [-0.2, 0) is 6.42 Å². The van der Waals surface area contributed by atoms with Gasteiger partial charge in [0.15, 0.2) is 0 Å². The van der Waals surface area contributed by atoms with Gasteiger partial charge in [-0.2, -0.15) is 0 Å². The molecule has 6 rings (SSSR count). The lowest BCUT2D eigenvalue weighted by molar-refractivity contribution is -0.384. The van der Waals surface area contributed by atoms with Crippen LogP contribution in [0.15, 0.2) is 59.3 Å². The van der Waals surface area contributed by atoms with E-state index in [1.54, 1.807) is 24.6 Å². The number of nitrogens with zero attached hydrogens (tertiary/aromatic N) is 6. The topological polar surface area (TPSA) is 159 Å². The fourth-order valence-electron chi connectivity index (χ4n) is 5.97. The third kappa shape index (κ3) is 6.51. The molecule has 3 aromatic heterocycles. The lowest BCUT2D eigenvalue weighted by atomic mass is 10.0. The molecule has 1 aliphatic heterocycles. The Morgan fingerprint density at radius 2 is 1.98 bits per heavy atom. The number of ether oxygens (including phenoxy) is 1. The molecular formula is C33H38N8O5. The first-order valence-corrected chi connectivity index (χ1v) is 15.4. The molecule has 3 N–H and O–H groups in total. The molecule has 13 heteroatoms. The maximum Gasteiger partial charge on any atom is 0.294 e. The summed E-state index contributed by atoms with van der Waals surface area (Å²) in [6.07, 6.45) is 7.22. The molecule has 46 heavy (non-hydrogen) atoms. The number of imidazole rings is 1. The number of hydrogen-bond acceptors (Lipinski definition) is 11. The Bertz CT molecular complexity index is 1830. The van der Waals surface area contributed by atoms with Crippen molar-refractivity contribution in [1.29, 1.82) is 0 Å². The van der Waals surface area contributed by atoms with Gasteiger partial charge in [-0.05, 0) is 58.0 Å². The molecule has 0 saturated carbocycles. The zero-order chi connectivity index (χ0) is 32.2. The number of piperidine rings is 1. The van der Waals surface area contributed by atoms with Crippen molar-refractivity contribution in [3.63, 3.8) is 0 Å². The van der Waals surface area contributed by atoms with Gasteiger partial charge in [-0.3, -0.25) is 10.1 Å². The minimum Gasteiger partial charge on any atom is -0.494 e. The molecule has 13 nitrogen and oxygen atoms in total. The second-order valence-corrected chi connectivity index (χ2v) is 11.6. The molecule has 0 aliphatic carbocycles. The predicted octanol–water partition coefficient (Wildman–Crippen LogP) is 5.79. The van der Waals surface area contributed by atoms with Crippen LogP contribution in [0.5, 0.6) is 5.75 Å². The number of nitro benzene ring substituents is 1. The highest BCUT2D eigenvalue weighted by molar-refractivity contribution is 5.86. The highest BCUT2D eigenvalue weighted by atomic mass is 16.6. The summed E-state index contributed by atoms with van der Waals surface area (Å²) < 4.78 is 11.3. The Morgan fingerprint density at radius 3 is 2.72 bits per heavy atom. The van der Waals surface area contributed by atoms with Gasteiger partial charge in [-0.15, -0.1) is 0 Å². The van der Waals surface area contributed by atoms with E-state index in [0.29, 0.717) is 66.2 Å². The minimum absolute atomic E-state index is 0.0144. The standard InChI is InChI=1S/C33H38N8O5/c1-39(2)23-10-14-40(15-11-23)26-20-29(45-3)25(19-27(26)41(43)44)36-33-34-13-9-24(35-33)32-31(37-30(38-32)6-4-5-16-42)22-8-7-21-12-17-46-28(21)18-22/h7-9,12-13,17-20,23,42H,4-6,10-11,14-16H2,1-3H3,(H,37,38)(H,34,35,36). The summed E-state index contributed by atoms with van der Waals surface area (Å²) in [5, 5.41) is 25.7. The van der Waals surface area contributed by atoms with Crippen LogP contribution in [0.25, 0.3) is 33.6 Å². The van der Waals surface area contributed by atoms with Gasteiger partial charge in [-0.25, -0.2) is 15.0 Å². The average Bonchev–Trinajstić information content (AvgIpc) is 3.72. The second-order valence-electron chi connectivity index (χ2n) is 11.6. The van der Waals surface area contributed by atoms with Crippen LogP contribution >= 0.6 is 0 Å². The summed E-state index contributed by atoms with van der Waals surface area (Å²) >= 11 is 0. The number of hydrogen-bond donors (Lipinski definition) is 3. The van der Waals surface area contributed by atoms with E-state index in [9.17, 15) is 15.2 Å². The minimum atomic E-state index is -0.361. The van der Waals surface area contributed by atoms with Crippen molar-refractivity contribution in [3.8, 4) is 28.4 Å². The summed E-state index contributed by atoms with van der Waals surface area (Å²) in [6.45, 7) is 1.55. The molecule has 4 heterocycles. The number of aliphatic hydroxyl groups excluding tert-OH is 1. The number of rotatable bonds is 12. The normalized spacial score (nSPS) is 13.9. The zero-order valence-corrected chi connectivity index (χ0v) is 26.2. The van der Waals surface area contributed by atoms with Crippen molar-refractivity contribution in [2.24, 2.45) is 0 Å². The Balaban J connectivity index is 1.32. The van der Waals surface area contributed by atoms with Gasteiger partial charge in [0.25, 0.3) is 5.69 Å². The van der Waals surface area contributed by atoms with E-state index in [-0.39, 0.29) is 23.2 Å². The fraction of sp³-hybridized carbons (Fsp3) is 0.364. The number of aromatic nitrogens is 4. The fourth-order valence-corrected chi connectivity index (χ4v) is 5.97. The average molecular weight is 627 g/mol. The van der Waals surface area contributed by atoms with Crippen molar-refractivity contribution < 1.29 is 19.2 Å². The first-order chi connectivity index (χ1) is 22.3. The molecule has 0 amide bonds. The third-order valence-electron chi connectivity index (χ3n) is 8.49. The van der Waals surface area contributed by atoms with E-state index < -0.39 is 0 Å². The van der Waals surface area contributed by atoms with Crippen LogP contribution in [-0.4, -0.2) is 81.8 Å². The molecule has 0 radical (unpaired) electrons. The van der Waals surface area contributed by atoms with E-state index in [0.717, 1.165) is 41.6 Å². The van der Waals surface area contributed by atoms with Crippen LogP contribution in [0.1, 0.15) is 31.5 Å². The summed E-state index contributed by atoms with van der Waals surface area (Å²) in [5.74, 6) is 1.46. The molecule has 0 bridgehead atoms. The largest absolute Gasteiger partial charge is 0.494 e. The Morgan fingerprint density at radius 1 is 1.15 bits per heavy atom. The van der Waals surface area contributed by atoms with Crippen molar-refractivity contribution in [3.05, 3.63) is 70.9 Å². The first kappa shape index (κ1) is 31.0. The maximum atomic E-state index is 12.3. The van der Waals surface area contributed by atoms with Gasteiger partial charge in [0.05, 0.1) is 41.1 Å². The lowest BCUT2D eigenvalue weighted by Crippen LogP contribution is -2.42. The third-order valence-corrected chi connectivity index (χ3v) is 8.49.